The van der Waals surface area contributed by atoms with Crippen LogP contribution in [-0.2, 0) is 10.0 Å². The van der Waals surface area contributed by atoms with E-state index in [2.05, 4.69) is 4.72 Å². The lowest BCUT2D eigenvalue weighted by atomic mass is 10.3. The molecule has 0 fully saturated rings. The fourth-order valence-corrected chi connectivity index (χ4v) is 3.19. The number of rotatable bonds is 5. The molecule has 0 saturated heterocycles. The predicted molar refractivity (Wildman–Crippen MR) is 79.8 cm³/mol. The molecule has 22 heavy (non-hydrogen) atoms. The zero-order chi connectivity index (χ0) is 16.3. The van der Waals surface area contributed by atoms with Crippen molar-refractivity contribution in [3.05, 3.63) is 53.1 Å². The number of hydrogen-bond acceptors (Lipinski definition) is 3. The van der Waals surface area contributed by atoms with Crippen molar-refractivity contribution in [1.29, 1.82) is 0 Å². The lowest BCUT2D eigenvalue weighted by Crippen LogP contribution is -2.14. The standard InChI is InChI=1S/C14H12ClF2NO3S/c1-2-21-13-6-3-9(15)7-14(13)22(19,20)18-10-4-5-11(16)12(17)8-10/h3-8,18H,2H2,1H3. The Bertz CT molecular complexity index is 797. The summed E-state index contributed by atoms with van der Waals surface area (Å²) in [6.45, 7) is 1.96. The van der Waals surface area contributed by atoms with Gasteiger partial charge >= 0.3 is 0 Å². The van der Waals surface area contributed by atoms with Crippen LogP contribution in [0.25, 0.3) is 0 Å². The van der Waals surface area contributed by atoms with E-state index in [1.54, 1.807) is 6.92 Å². The number of anilines is 1. The van der Waals surface area contributed by atoms with Crippen molar-refractivity contribution in [3.8, 4) is 5.75 Å². The van der Waals surface area contributed by atoms with Crippen LogP contribution in [0.3, 0.4) is 0 Å². The highest BCUT2D eigenvalue weighted by Crippen LogP contribution is 2.29. The van der Waals surface area contributed by atoms with E-state index in [-0.39, 0.29) is 28.0 Å². The number of halogens is 3. The van der Waals surface area contributed by atoms with E-state index < -0.39 is 21.7 Å². The van der Waals surface area contributed by atoms with Crippen LogP contribution in [-0.4, -0.2) is 15.0 Å². The van der Waals surface area contributed by atoms with Gasteiger partial charge in [0.25, 0.3) is 10.0 Å². The lowest BCUT2D eigenvalue weighted by Gasteiger charge is -2.13. The molecule has 2 rings (SSSR count). The van der Waals surface area contributed by atoms with Crippen LogP contribution < -0.4 is 9.46 Å². The summed E-state index contributed by atoms with van der Waals surface area (Å²) in [5, 5.41) is 0.203. The minimum absolute atomic E-state index is 0.110. The van der Waals surface area contributed by atoms with Crippen LogP contribution in [0, 0.1) is 11.6 Å². The monoisotopic (exact) mass is 347 g/mol. The molecule has 0 aliphatic carbocycles. The summed E-state index contributed by atoms with van der Waals surface area (Å²) >= 11 is 5.81. The average molecular weight is 348 g/mol. The van der Waals surface area contributed by atoms with E-state index in [4.69, 9.17) is 16.3 Å². The van der Waals surface area contributed by atoms with E-state index in [9.17, 15) is 17.2 Å². The molecule has 0 aromatic heterocycles. The second-order valence-electron chi connectivity index (χ2n) is 4.26. The molecule has 0 atom stereocenters. The summed E-state index contributed by atoms with van der Waals surface area (Å²) < 4.78 is 58.2. The van der Waals surface area contributed by atoms with Gasteiger partial charge in [0, 0.05) is 11.1 Å². The zero-order valence-electron chi connectivity index (χ0n) is 11.4. The second-order valence-corrected chi connectivity index (χ2v) is 6.35. The van der Waals surface area contributed by atoms with Gasteiger partial charge < -0.3 is 4.74 Å². The molecule has 0 heterocycles. The van der Waals surface area contributed by atoms with Gasteiger partial charge in [-0.25, -0.2) is 17.2 Å². The molecule has 0 saturated carbocycles. The largest absolute Gasteiger partial charge is 0.492 e. The molecule has 2 aromatic rings. The molecule has 0 aliphatic rings. The van der Waals surface area contributed by atoms with Crippen LogP contribution in [0.1, 0.15) is 6.92 Å². The fraction of sp³-hybridized carbons (Fsp3) is 0.143. The average Bonchev–Trinajstić information content (AvgIpc) is 2.45. The first-order chi connectivity index (χ1) is 10.3. The molecule has 0 aliphatic heterocycles. The molecular weight excluding hydrogens is 336 g/mol. The normalized spacial score (nSPS) is 11.3. The van der Waals surface area contributed by atoms with E-state index in [0.29, 0.717) is 0 Å². The first-order valence-corrected chi connectivity index (χ1v) is 8.10. The number of hydrogen-bond donors (Lipinski definition) is 1. The molecule has 0 bridgehead atoms. The maximum atomic E-state index is 13.2. The number of nitrogens with one attached hydrogen (secondary N) is 1. The molecule has 0 amide bonds. The third-order valence-corrected chi connectivity index (χ3v) is 4.30. The first-order valence-electron chi connectivity index (χ1n) is 6.23. The van der Waals surface area contributed by atoms with Crippen molar-refractivity contribution in [2.45, 2.75) is 11.8 Å². The number of benzene rings is 2. The summed E-state index contributed by atoms with van der Waals surface area (Å²) in [4.78, 5) is -0.188. The molecule has 118 valence electrons. The van der Waals surface area contributed by atoms with Gasteiger partial charge in [0.1, 0.15) is 10.6 Å². The highest BCUT2D eigenvalue weighted by Gasteiger charge is 2.21. The molecule has 0 spiro atoms. The third kappa shape index (κ3) is 3.66. The first kappa shape index (κ1) is 16.5. The van der Waals surface area contributed by atoms with Crippen molar-refractivity contribution in [1.82, 2.24) is 0 Å². The highest BCUT2D eigenvalue weighted by atomic mass is 35.5. The highest BCUT2D eigenvalue weighted by molar-refractivity contribution is 7.92. The van der Waals surface area contributed by atoms with Gasteiger partial charge in [-0.1, -0.05) is 11.6 Å². The molecule has 8 heteroatoms. The number of ether oxygens (including phenoxy) is 1. The summed E-state index contributed by atoms with van der Waals surface area (Å²) in [6.07, 6.45) is 0. The molecule has 4 nitrogen and oxygen atoms in total. The van der Waals surface area contributed by atoms with Crippen LogP contribution >= 0.6 is 11.6 Å². The van der Waals surface area contributed by atoms with Crippen LogP contribution in [0.4, 0.5) is 14.5 Å². The Morgan fingerprint density at radius 3 is 2.50 bits per heavy atom. The molecular formula is C14H12ClF2NO3S. The maximum absolute atomic E-state index is 13.2. The third-order valence-electron chi connectivity index (χ3n) is 2.67. The Balaban J connectivity index is 2.41. The van der Waals surface area contributed by atoms with Crippen molar-refractivity contribution >= 4 is 27.3 Å². The van der Waals surface area contributed by atoms with Crippen LogP contribution in [0.15, 0.2) is 41.3 Å². The summed E-state index contributed by atoms with van der Waals surface area (Å²) in [5.41, 5.74) is -0.110. The fourth-order valence-electron chi connectivity index (χ4n) is 1.74. The van der Waals surface area contributed by atoms with Gasteiger partial charge in [-0.15, -0.1) is 0 Å². The lowest BCUT2D eigenvalue weighted by molar-refractivity contribution is 0.331. The summed E-state index contributed by atoms with van der Waals surface area (Å²) in [5.74, 6) is -2.11. The van der Waals surface area contributed by atoms with Gasteiger partial charge in [0.15, 0.2) is 11.6 Å². The van der Waals surface area contributed by atoms with Gasteiger partial charge in [0.05, 0.1) is 12.3 Å². The van der Waals surface area contributed by atoms with Crippen molar-refractivity contribution in [2.75, 3.05) is 11.3 Å². The Hall–Kier alpha value is -1.86. The minimum atomic E-state index is -4.07. The van der Waals surface area contributed by atoms with E-state index >= 15 is 0 Å². The SMILES string of the molecule is CCOc1ccc(Cl)cc1S(=O)(=O)Nc1ccc(F)c(F)c1. The predicted octanol–water partition coefficient (Wildman–Crippen LogP) is 3.82. The van der Waals surface area contributed by atoms with E-state index in [1.807, 2.05) is 0 Å². The summed E-state index contributed by atoms with van der Waals surface area (Å²) in [7, 11) is -4.07. The Kier molecular flexibility index (Phi) is 4.87. The Morgan fingerprint density at radius 2 is 1.86 bits per heavy atom. The van der Waals surface area contributed by atoms with E-state index in [0.717, 1.165) is 18.2 Å². The Morgan fingerprint density at radius 1 is 1.14 bits per heavy atom. The van der Waals surface area contributed by atoms with Crippen molar-refractivity contribution in [3.63, 3.8) is 0 Å². The summed E-state index contributed by atoms with van der Waals surface area (Å²) in [6, 6.07) is 6.82. The molecule has 2 aromatic carbocycles. The maximum Gasteiger partial charge on any atom is 0.265 e. The molecule has 0 radical (unpaired) electrons. The zero-order valence-corrected chi connectivity index (χ0v) is 13.0. The number of sulfonamides is 1. The van der Waals surface area contributed by atoms with Gasteiger partial charge in [0.2, 0.25) is 0 Å². The van der Waals surface area contributed by atoms with Gasteiger partial charge in [-0.05, 0) is 37.3 Å². The minimum Gasteiger partial charge on any atom is -0.492 e. The van der Waals surface area contributed by atoms with Gasteiger partial charge in [-0.2, -0.15) is 0 Å². The molecule has 1 N–H and O–H groups in total. The second kappa shape index (κ2) is 6.50. The van der Waals surface area contributed by atoms with Crippen molar-refractivity contribution in [2.24, 2.45) is 0 Å². The van der Waals surface area contributed by atoms with Crippen LogP contribution in [0.2, 0.25) is 5.02 Å². The smallest absolute Gasteiger partial charge is 0.265 e. The topological polar surface area (TPSA) is 55.4 Å². The molecule has 0 unspecified atom stereocenters. The van der Waals surface area contributed by atoms with Crippen LogP contribution in [0.5, 0.6) is 5.75 Å². The van der Waals surface area contributed by atoms with Crippen molar-refractivity contribution < 1.29 is 21.9 Å². The van der Waals surface area contributed by atoms with Gasteiger partial charge in [-0.3, -0.25) is 4.72 Å². The quantitative estimate of drug-likeness (QED) is 0.894. The van der Waals surface area contributed by atoms with E-state index in [1.165, 1.54) is 18.2 Å². The Labute approximate surface area is 131 Å².